The average molecular weight is 306 g/mol. The summed E-state index contributed by atoms with van der Waals surface area (Å²) < 4.78 is 4.65. The zero-order valence-electron chi connectivity index (χ0n) is 11.8. The second-order valence-corrected chi connectivity index (χ2v) is 4.92. The Bertz CT molecular complexity index is 661. The van der Waals surface area contributed by atoms with Gasteiger partial charge in [-0.2, -0.15) is 0 Å². The van der Waals surface area contributed by atoms with Crippen molar-refractivity contribution in [1.82, 2.24) is 4.98 Å². The lowest BCUT2D eigenvalue weighted by atomic mass is 10.1. The molecule has 0 spiro atoms. The maximum atomic E-state index is 11.5. The first kappa shape index (κ1) is 15.1. The van der Waals surface area contributed by atoms with E-state index in [9.17, 15) is 4.79 Å². The molecule has 1 aromatic carbocycles. The lowest BCUT2D eigenvalue weighted by Gasteiger charge is -2.17. The van der Waals surface area contributed by atoms with E-state index in [0.717, 1.165) is 5.56 Å². The highest BCUT2D eigenvalue weighted by Crippen LogP contribution is 2.27. The molecule has 0 aliphatic carbocycles. The quantitative estimate of drug-likeness (QED) is 0.848. The summed E-state index contributed by atoms with van der Waals surface area (Å²) >= 11 is 6.16. The molecule has 3 N–H and O–H groups in total. The van der Waals surface area contributed by atoms with Crippen LogP contribution in [0.3, 0.4) is 0 Å². The number of rotatable bonds is 4. The number of hydrogen-bond acceptors (Lipinski definition) is 5. The number of carbonyl (C=O) groups is 1. The smallest absolute Gasteiger partial charge is 0.356 e. The standard InChI is InChI=1S/C15H16ClN3O2/c1-9(10-5-3-4-6-11(10)16)18-14-12(17)7-8-13(19-14)15(20)21-2/h3-9H,17H2,1-2H3,(H,18,19). The van der Waals surface area contributed by atoms with Crippen molar-refractivity contribution < 1.29 is 9.53 Å². The first-order valence-electron chi connectivity index (χ1n) is 6.38. The van der Waals surface area contributed by atoms with E-state index >= 15 is 0 Å². The molecule has 1 atom stereocenters. The molecule has 6 heteroatoms. The largest absolute Gasteiger partial charge is 0.464 e. The molecule has 0 amide bonds. The Labute approximate surface area is 128 Å². The van der Waals surface area contributed by atoms with E-state index in [2.05, 4.69) is 15.0 Å². The Hall–Kier alpha value is -2.27. The predicted octanol–water partition coefficient (Wildman–Crippen LogP) is 3.28. The molecule has 0 saturated carbocycles. The second kappa shape index (κ2) is 6.45. The molecule has 1 unspecified atom stereocenters. The molecule has 1 heterocycles. The van der Waals surface area contributed by atoms with Crippen molar-refractivity contribution in [2.45, 2.75) is 13.0 Å². The number of anilines is 2. The summed E-state index contributed by atoms with van der Waals surface area (Å²) in [5.74, 6) is -0.0891. The topological polar surface area (TPSA) is 77.2 Å². The molecule has 2 rings (SSSR count). The molecule has 110 valence electrons. The van der Waals surface area contributed by atoms with Crippen LogP contribution in [-0.4, -0.2) is 18.1 Å². The Balaban J connectivity index is 2.27. The molecule has 0 saturated heterocycles. The molecule has 1 aromatic heterocycles. The lowest BCUT2D eigenvalue weighted by molar-refractivity contribution is 0.0594. The minimum Gasteiger partial charge on any atom is -0.464 e. The SMILES string of the molecule is COC(=O)c1ccc(N)c(NC(C)c2ccccc2Cl)n1. The number of hydrogen-bond donors (Lipinski definition) is 2. The third-order valence-electron chi connectivity index (χ3n) is 3.05. The number of methoxy groups -OCH3 is 1. The Morgan fingerprint density at radius 1 is 1.33 bits per heavy atom. The highest BCUT2D eigenvalue weighted by Gasteiger charge is 2.14. The Morgan fingerprint density at radius 3 is 2.71 bits per heavy atom. The predicted molar refractivity (Wildman–Crippen MR) is 83.5 cm³/mol. The number of esters is 1. The third-order valence-corrected chi connectivity index (χ3v) is 3.39. The van der Waals surface area contributed by atoms with E-state index in [0.29, 0.717) is 16.5 Å². The molecule has 0 bridgehead atoms. The number of benzene rings is 1. The zero-order valence-corrected chi connectivity index (χ0v) is 12.5. The number of nitrogen functional groups attached to an aromatic ring is 1. The van der Waals surface area contributed by atoms with E-state index in [-0.39, 0.29) is 11.7 Å². The summed E-state index contributed by atoms with van der Waals surface area (Å²) in [7, 11) is 1.31. The maximum absolute atomic E-state index is 11.5. The van der Waals surface area contributed by atoms with Gasteiger partial charge in [-0.05, 0) is 30.7 Å². The van der Waals surface area contributed by atoms with Gasteiger partial charge < -0.3 is 15.8 Å². The van der Waals surface area contributed by atoms with Crippen LogP contribution < -0.4 is 11.1 Å². The molecular weight excluding hydrogens is 290 g/mol. The van der Waals surface area contributed by atoms with Crippen molar-refractivity contribution in [3.63, 3.8) is 0 Å². The molecule has 0 aliphatic heterocycles. The van der Waals surface area contributed by atoms with Crippen LogP contribution in [0.25, 0.3) is 0 Å². The van der Waals surface area contributed by atoms with Crippen molar-refractivity contribution in [1.29, 1.82) is 0 Å². The van der Waals surface area contributed by atoms with Crippen molar-refractivity contribution in [3.05, 3.63) is 52.7 Å². The van der Waals surface area contributed by atoms with Crippen LogP contribution in [0.1, 0.15) is 29.0 Å². The van der Waals surface area contributed by atoms with Crippen LogP contribution in [0.2, 0.25) is 5.02 Å². The number of halogens is 1. The first-order chi connectivity index (χ1) is 10.0. The summed E-state index contributed by atoms with van der Waals surface area (Å²) in [4.78, 5) is 15.7. The number of pyridine rings is 1. The fraction of sp³-hybridized carbons (Fsp3) is 0.200. The molecule has 0 radical (unpaired) electrons. The molecule has 5 nitrogen and oxygen atoms in total. The average Bonchev–Trinajstić information content (AvgIpc) is 2.49. The van der Waals surface area contributed by atoms with Gasteiger partial charge in [0.1, 0.15) is 0 Å². The number of nitrogens with one attached hydrogen (secondary N) is 1. The number of aromatic nitrogens is 1. The lowest BCUT2D eigenvalue weighted by Crippen LogP contribution is -2.13. The maximum Gasteiger partial charge on any atom is 0.356 e. The zero-order chi connectivity index (χ0) is 15.4. The molecular formula is C15H16ClN3O2. The van der Waals surface area contributed by atoms with E-state index in [1.807, 2.05) is 31.2 Å². The van der Waals surface area contributed by atoms with E-state index in [4.69, 9.17) is 17.3 Å². The molecule has 2 aromatic rings. The summed E-state index contributed by atoms with van der Waals surface area (Å²) in [6.45, 7) is 1.94. The summed E-state index contributed by atoms with van der Waals surface area (Å²) in [5, 5.41) is 3.81. The van der Waals surface area contributed by atoms with E-state index < -0.39 is 5.97 Å². The van der Waals surface area contributed by atoms with Gasteiger partial charge in [-0.3, -0.25) is 0 Å². The van der Waals surface area contributed by atoms with Gasteiger partial charge in [0.25, 0.3) is 0 Å². The van der Waals surface area contributed by atoms with Crippen molar-refractivity contribution in [3.8, 4) is 0 Å². The van der Waals surface area contributed by atoms with Gasteiger partial charge in [-0.25, -0.2) is 9.78 Å². The fourth-order valence-electron chi connectivity index (χ4n) is 1.91. The third kappa shape index (κ3) is 3.44. The first-order valence-corrected chi connectivity index (χ1v) is 6.76. The Morgan fingerprint density at radius 2 is 2.05 bits per heavy atom. The molecule has 21 heavy (non-hydrogen) atoms. The number of carbonyl (C=O) groups excluding carboxylic acids is 1. The van der Waals surface area contributed by atoms with Gasteiger partial charge in [-0.15, -0.1) is 0 Å². The summed E-state index contributed by atoms with van der Waals surface area (Å²) in [5.41, 5.74) is 7.45. The van der Waals surface area contributed by atoms with Crippen molar-refractivity contribution >= 4 is 29.1 Å². The van der Waals surface area contributed by atoms with Gasteiger partial charge in [0.05, 0.1) is 18.8 Å². The van der Waals surface area contributed by atoms with Gasteiger partial charge >= 0.3 is 5.97 Å². The van der Waals surface area contributed by atoms with Crippen molar-refractivity contribution in [2.75, 3.05) is 18.2 Å². The minimum absolute atomic E-state index is 0.110. The summed E-state index contributed by atoms with van der Waals surface area (Å²) in [6, 6.07) is 10.5. The van der Waals surface area contributed by atoms with Gasteiger partial charge in [-0.1, -0.05) is 29.8 Å². The highest BCUT2D eigenvalue weighted by atomic mass is 35.5. The monoisotopic (exact) mass is 305 g/mol. The normalized spacial score (nSPS) is 11.8. The van der Waals surface area contributed by atoms with Gasteiger partial charge in [0.15, 0.2) is 11.5 Å². The minimum atomic E-state index is -0.511. The van der Waals surface area contributed by atoms with Crippen LogP contribution in [-0.2, 0) is 4.74 Å². The Kier molecular flexibility index (Phi) is 4.65. The van der Waals surface area contributed by atoms with Crippen LogP contribution in [0, 0.1) is 0 Å². The van der Waals surface area contributed by atoms with Crippen LogP contribution in [0.5, 0.6) is 0 Å². The van der Waals surface area contributed by atoms with Crippen molar-refractivity contribution in [2.24, 2.45) is 0 Å². The number of nitrogens with zero attached hydrogens (tertiary/aromatic N) is 1. The highest BCUT2D eigenvalue weighted by molar-refractivity contribution is 6.31. The molecule has 0 fully saturated rings. The number of nitrogens with two attached hydrogens (primary N) is 1. The summed E-state index contributed by atoms with van der Waals surface area (Å²) in [6.07, 6.45) is 0. The second-order valence-electron chi connectivity index (χ2n) is 4.51. The molecule has 0 aliphatic rings. The van der Waals surface area contributed by atoms with E-state index in [1.54, 1.807) is 6.07 Å². The van der Waals surface area contributed by atoms with Crippen LogP contribution in [0.15, 0.2) is 36.4 Å². The van der Waals surface area contributed by atoms with Crippen LogP contribution >= 0.6 is 11.6 Å². The van der Waals surface area contributed by atoms with E-state index in [1.165, 1.54) is 13.2 Å². The fourth-order valence-corrected chi connectivity index (χ4v) is 2.21. The van der Waals surface area contributed by atoms with Crippen LogP contribution in [0.4, 0.5) is 11.5 Å². The van der Waals surface area contributed by atoms with Gasteiger partial charge in [0.2, 0.25) is 0 Å². The number of ether oxygens (including phenoxy) is 1. The van der Waals surface area contributed by atoms with Gasteiger partial charge in [0, 0.05) is 5.02 Å².